The lowest BCUT2D eigenvalue weighted by molar-refractivity contribution is -0.440. The molecule has 1 rings (SSSR count). The van der Waals surface area contributed by atoms with E-state index in [1.54, 1.807) is 6.92 Å². The highest BCUT2D eigenvalue weighted by Crippen LogP contribution is 2.61. The van der Waals surface area contributed by atoms with E-state index in [0.29, 0.717) is 12.1 Å². The fourth-order valence-electron chi connectivity index (χ4n) is 3.19. The number of hydrogen-bond acceptors (Lipinski definition) is 0. The Labute approximate surface area is 165 Å². The van der Waals surface area contributed by atoms with Crippen LogP contribution in [-0.4, -0.2) is 47.4 Å². The summed E-state index contributed by atoms with van der Waals surface area (Å²) in [6.07, 6.45) is -9.43. The van der Waals surface area contributed by atoms with E-state index in [-0.39, 0.29) is 5.92 Å². The Hall–Kier alpha value is 0.0369. The second kappa shape index (κ2) is 7.04. The van der Waals surface area contributed by atoms with Crippen LogP contribution in [0.15, 0.2) is 0 Å². The lowest BCUT2D eigenvalue weighted by Crippen LogP contribution is -2.70. The summed E-state index contributed by atoms with van der Waals surface area (Å²) in [4.78, 5) is 0. The second-order valence-corrected chi connectivity index (χ2v) is 14.8. The van der Waals surface area contributed by atoms with E-state index in [9.17, 15) is 57.1 Å². The summed E-state index contributed by atoms with van der Waals surface area (Å²) in [5, 5.41) is 0. The summed E-state index contributed by atoms with van der Waals surface area (Å²) in [6.45, 7) is 3.20. The van der Waals surface area contributed by atoms with E-state index in [2.05, 4.69) is 0 Å². The molecule has 28 heavy (non-hydrogen) atoms. The molecule has 1 aliphatic rings. The second-order valence-electron chi connectivity index (χ2n) is 7.34. The Balaban J connectivity index is 3.26. The van der Waals surface area contributed by atoms with Gasteiger partial charge in [-0.1, -0.05) is 48.1 Å². The van der Waals surface area contributed by atoms with Crippen LogP contribution in [0.3, 0.4) is 0 Å². The zero-order valence-corrected chi connectivity index (χ0v) is 17.2. The topological polar surface area (TPSA) is 0 Å². The summed E-state index contributed by atoms with van der Waals surface area (Å²) < 4.78 is 169. The number of hydrogen-bond donors (Lipinski definition) is 0. The Morgan fingerprint density at radius 1 is 0.750 bits per heavy atom. The zero-order valence-electron chi connectivity index (χ0n) is 14.1. The Bertz CT molecular complexity index is 579. The van der Waals surface area contributed by atoms with Crippen LogP contribution >= 0.6 is 22.6 Å². The highest BCUT2D eigenvalue weighted by Gasteiger charge is 2.90. The minimum absolute atomic E-state index is 0.0549. The van der Waals surface area contributed by atoms with Crippen molar-refractivity contribution in [2.24, 2.45) is 5.92 Å². The number of rotatable bonds is 7. The third kappa shape index (κ3) is 3.74. The van der Waals surface area contributed by atoms with Crippen LogP contribution in [0, 0.1) is 5.92 Å². The van der Waals surface area contributed by atoms with Crippen LogP contribution in [0.4, 0.5) is 57.1 Å². The fraction of sp³-hybridized carbons (Fsp3) is 1.00. The molecule has 1 atom stereocenters. The zero-order chi connectivity index (χ0) is 22.8. The number of alkyl halides is 14. The van der Waals surface area contributed by atoms with E-state index >= 15 is 0 Å². The van der Waals surface area contributed by atoms with E-state index in [1.807, 2.05) is 0 Å². The maximum atomic E-state index is 13.9. The molecule has 1 heterocycles. The Morgan fingerprint density at radius 2 is 1.11 bits per heavy atom. The van der Waals surface area contributed by atoms with Gasteiger partial charge in [-0.3, -0.25) is 0 Å². The van der Waals surface area contributed by atoms with Crippen molar-refractivity contribution < 1.29 is 57.1 Å². The predicted molar refractivity (Wildman–Crippen MR) is 83.6 cm³/mol. The summed E-state index contributed by atoms with van der Waals surface area (Å²) in [5.41, 5.74) is 0. The van der Waals surface area contributed by atoms with Crippen LogP contribution in [0.2, 0.25) is 18.6 Å². The van der Waals surface area contributed by atoms with Gasteiger partial charge in [-0.2, -0.15) is 57.1 Å². The summed E-state index contributed by atoms with van der Waals surface area (Å²) in [5.74, 6) is -36.2. The van der Waals surface area contributed by atoms with Crippen molar-refractivity contribution in [2.45, 2.75) is 71.3 Å². The standard InChI is InChI=1S/C13H14F13ISi/c1-6-4-28(2,5-6)7(27)3-8(14,15)9(16,17)10(18,19)11(20,21)12(22,23)13(24,25)26/h6-7H,3-5H2,1-2H3. The minimum Gasteiger partial charge on any atom is -0.200 e. The molecular weight excluding hydrogens is 558 g/mol. The average Bonchev–Trinajstić information content (AvgIpc) is 2.43. The molecule has 0 radical (unpaired) electrons. The largest absolute Gasteiger partial charge is 0.460 e. The van der Waals surface area contributed by atoms with Crippen LogP contribution < -0.4 is 0 Å². The normalized spacial score (nSPS) is 26.8. The molecule has 168 valence electrons. The monoisotopic (exact) mass is 572 g/mol. The molecule has 1 saturated heterocycles. The molecule has 0 N–H and O–H groups in total. The van der Waals surface area contributed by atoms with E-state index in [0.717, 1.165) is 0 Å². The van der Waals surface area contributed by atoms with E-state index in [4.69, 9.17) is 0 Å². The van der Waals surface area contributed by atoms with Crippen molar-refractivity contribution in [2.75, 3.05) is 0 Å². The third-order valence-electron chi connectivity index (χ3n) is 4.82. The van der Waals surface area contributed by atoms with Gasteiger partial charge in [-0.25, -0.2) is 0 Å². The minimum atomic E-state index is -7.82. The molecule has 0 bridgehead atoms. The third-order valence-corrected chi connectivity index (χ3v) is 14.7. The van der Waals surface area contributed by atoms with Gasteiger partial charge in [0.25, 0.3) is 0 Å². The van der Waals surface area contributed by atoms with Crippen molar-refractivity contribution >= 4 is 30.7 Å². The SMILES string of the molecule is CC1C[Si](C)(C(I)CC(F)(F)C(F)(F)C(F)(F)C(F)(F)C(F)(F)C(F)(F)F)C1. The van der Waals surface area contributed by atoms with Gasteiger partial charge < -0.3 is 0 Å². The summed E-state index contributed by atoms with van der Waals surface area (Å²) in [6, 6.07) is 0.724. The number of halogens is 14. The maximum absolute atomic E-state index is 13.9. The van der Waals surface area contributed by atoms with Gasteiger partial charge in [0.05, 0.1) is 8.07 Å². The van der Waals surface area contributed by atoms with Gasteiger partial charge in [0, 0.05) is 9.97 Å². The van der Waals surface area contributed by atoms with Gasteiger partial charge in [0.2, 0.25) is 0 Å². The molecule has 0 nitrogen and oxygen atoms in total. The molecule has 1 aliphatic heterocycles. The summed E-state index contributed by atoms with van der Waals surface area (Å²) >= 11 is 1.28. The average molecular weight is 572 g/mol. The van der Waals surface area contributed by atoms with Gasteiger partial charge in [-0.15, -0.1) is 0 Å². The maximum Gasteiger partial charge on any atom is 0.460 e. The van der Waals surface area contributed by atoms with E-state index in [1.165, 1.54) is 29.1 Å². The van der Waals surface area contributed by atoms with Crippen LogP contribution in [0.5, 0.6) is 0 Å². The van der Waals surface area contributed by atoms with Crippen molar-refractivity contribution in [3.63, 3.8) is 0 Å². The van der Waals surface area contributed by atoms with Gasteiger partial charge in [-0.05, 0) is 5.92 Å². The molecule has 0 saturated carbocycles. The molecule has 0 aromatic heterocycles. The first-order valence-electron chi connectivity index (χ1n) is 7.58. The molecular formula is C13H14F13ISi. The van der Waals surface area contributed by atoms with Crippen LogP contribution in [0.25, 0.3) is 0 Å². The Kier molecular flexibility index (Phi) is 6.55. The first kappa shape index (κ1) is 26.1. The predicted octanol–water partition coefficient (Wildman–Crippen LogP) is 7.19. The fourth-order valence-corrected chi connectivity index (χ4v) is 9.59. The first-order chi connectivity index (χ1) is 12.0. The van der Waals surface area contributed by atoms with Gasteiger partial charge in [0.15, 0.2) is 0 Å². The lowest BCUT2D eigenvalue weighted by Gasteiger charge is -2.47. The summed E-state index contributed by atoms with van der Waals surface area (Å²) in [7, 11) is -2.61. The first-order valence-corrected chi connectivity index (χ1v) is 11.8. The molecule has 0 amide bonds. The van der Waals surface area contributed by atoms with Crippen molar-refractivity contribution in [3.8, 4) is 0 Å². The van der Waals surface area contributed by atoms with Crippen molar-refractivity contribution in [1.82, 2.24) is 0 Å². The molecule has 0 aromatic rings. The molecule has 0 aromatic carbocycles. The van der Waals surface area contributed by atoms with Crippen molar-refractivity contribution in [3.05, 3.63) is 0 Å². The van der Waals surface area contributed by atoms with Gasteiger partial charge in [0.1, 0.15) is 0 Å². The highest BCUT2D eigenvalue weighted by atomic mass is 127. The molecule has 1 unspecified atom stereocenters. The highest BCUT2D eigenvalue weighted by molar-refractivity contribution is 14.1. The quantitative estimate of drug-likeness (QED) is 0.131. The molecule has 15 heteroatoms. The van der Waals surface area contributed by atoms with Gasteiger partial charge >= 0.3 is 35.8 Å². The lowest BCUT2D eigenvalue weighted by atomic mass is 9.93. The molecule has 0 spiro atoms. The molecule has 1 fully saturated rings. The smallest absolute Gasteiger partial charge is 0.200 e. The van der Waals surface area contributed by atoms with Crippen molar-refractivity contribution in [1.29, 1.82) is 0 Å². The Morgan fingerprint density at radius 3 is 1.43 bits per heavy atom. The van der Waals surface area contributed by atoms with Crippen LogP contribution in [0.1, 0.15) is 13.3 Å². The van der Waals surface area contributed by atoms with Crippen LogP contribution in [-0.2, 0) is 0 Å². The molecule has 0 aliphatic carbocycles. The van der Waals surface area contributed by atoms with E-state index < -0.39 is 53.8 Å².